The lowest BCUT2D eigenvalue weighted by Crippen LogP contribution is -2.55. The molecule has 0 saturated heterocycles. The van der Waals surface area contributed by atoms with Crippen molar-refractivity contribution in [3.8, 4) is 0 Å². The van der Waals surface area contributed by atoms with Crippen LogP contribution in [-0.2, 0) is 28.6 Å². The molecule has 0 aliphatic carbocycles. The van der Waals surface area contributed by atoms with Gasteiger partial charge in [0.2, 0.25) is 0 Å². The molecule has 0 aliphatic rings. The minimum absolute atomic E-state index is 0.0179. The first kappa shape index (κ1) is 49.3. The predicted molar refractivity (Wildman–Crippen MR) is 213 cm³/mol. The number of hydrogen-bond donors (Lipinski definition) is 0. The van der Waals surface area contributed by atoms with Gasteiger partial charge >= 0.3 is 11.9 Å². The van der Waals surface area contributed by atoms with E-state index in [0.29, 0.717) is 12.8 Å². The maximum Gasteiger partial charge on any atom is 0.306 e. The second-order valence-corrected chi connectivity index (χ2v) is 14.9. The lowest BCUT2D eigenvalue weighted by molar-refractivity contribution is -0.889. The standard InChI is InChI=1S/C44H77NO7/c1-6-8-10-12-14-16-18-20-21-23-25-27-29-31-33-35-43(47)52-40(38-50-37-36-41(44(48)49)45(3,4)5)39-51-42(46)34-32-30-28-26-24-22-19-17-15-13-11-9-7-2/h14,16,18,20,22,24,28,30,40-41H,6-13,15,17,19,21,23,25-27,29,31-39H2,1-5H3/b16-14+,20-18+,24-22+,30-28+. The number of allylic oxidation sites excluding steroid dienone is 8. The average molecular weight is 732 g/mol. The first-order valence-electron chi connectivity index (χ1n) is 20.7. The van der Waals surface area contributed by atoms with Gasteiger partial charge in [-0.15, -0.1) is 0 Å². The second-order valence-electron chi connectivity index (χ2n) is 14.9. The molecule has 0 rings (SSSR count). The molecular formula is C44H77NO7. The number of aliphatic carboxylic acids is 1. The van der Waals surface area contributed by atoms with Gasteiger partial charge in [-0.05, 0) is 57.8 Å². The van der Waals surface area contributed by atoms with E-state index >= 15 is 0 Å². The second kappa shape index (κ2) is 35.3. The summed E-state index contributed by atoms with van der Waals surface area (Å²) in [5.74, 6) is -1.84. The molecule has 300 valence electrons. The van der Waals surface area contributed by atoms with Crippen molar-refractivity contribution in [2.24, 2.45) is 0 Å². The topological polar surface area (TPSA) is 102 Å². The van der Waals surface area contributed by atoms with Crippen molar-refractivity contribution in [1.29, 1.82) is 0 Å². The molecule has 0 heterocycles. The molecule has 2 atom stereocenters. The number of carbonyl (C=O) groups is 3. The number of unbranched alkanes of at least 4 members (excludes halogenated alkanes) is 15. The Morgan fingerprint density at radius 2 is 1.12 bits per heavy atom. The van der Waals surface area contributed by atoms with Gasteiger partial charge in [0.15, 0.2) is 6.10 Å². The fraction of sp³-hybridized carbons (Fsp3) is 0.750. The molecule has 0 aromatic heterocycles. The summed E-state index contributed by atoms with van der Waals surface area (Å²) in [6, 6.07) is -0.735. The molecule has 0 N–H and O–H groups in total. The number of rotatable bonds is 36. The van der Waals surface area contributed by atoms with Crippen LogP contribution >= 0.6 is 0 Å². The van der Waals surface area contributed by atoms with Crippen LogP contribution in [0.1, 0.15) is 162 Å². The monoisotopic (exact) mass is 732 g/mol. The molecule has 0 radical (unpaired) electrons. The van der Waals surface area contributed by atoms with E-state index in [4.69, 9.17) is 14.2 Å². The highest BCUT2D eigenvalue weighted by atomic mass is 16.6. The van der Waals surface area contributed by atoms with Crippen molar-refractivity contribution in [2.45, 2.75) is 174 Å². The number of esters is 2. The first-order chi connectivity index (χ1) is 25.1. The number of carboxylic acid groups (broad SMARTS) is 1. The normalized spacial score (nSPS) is 13.5. The molecule has 52 heavy (non-hydrogen) atoms. The number of carbonyl (C=O) groups excluding carboxylic acids is 3. The van der Waals surface area contributed by atoms with Gasteiger partial charge in [-0.1, -0.05) is 133 Å². The lowest BCUT2D eigenvalue weighted by atomic mass is 10.1. The molecule has 0 saturated carbocycles. The van der Waals surface area contributed by atoms with Crippen molar-refractivity contribution in [3.63, 3.8) is 0 Å². The first-order valence-corrected chi connectivity index (χ1v) is 20.7. The van der Waals surface area contributed by atoms with Gasteiger partial charge in [-0.3, -0.25) is 9.59 Å². The highest BCUT2D eigenvalue weighted by Gasteiger charge is 2.25. The van der Waals surface area contributed by atoms with E-state index in [1.54, 1.807) is 21.1 Å². The minimum Gasteiger partial charge on any atom is -0.544 e. The van der Waals surface area contributed by atoms with Crippen molar-refractivity contribution < 1.29 is 38.2 Å². The highest BCUT2D eigenvalue weighted by Crippen LogP contribution is 2.12. The van der Waals surface area contributed by atoms with Crippen LogP contribution in [0, 0.1) is 0 Å². The predicted octanol–water partition coefficient (Wildman–Crippen LogP) is 9.52. The third-order valence-electron chi connectivity index (χ3n) is 8.98. The van der Waals surface area contributed by atoms with Gasteiger partial charge < -0.3 is 28.6 Å². The Kier molecular flexibility index (Phi) is 33.5. The van der Waals surface area contributed by atoms with Crippen LogP contribution < -0.4 is 5.11 Å². The molecule has 0 aromatic carbocycles. The summed E-state index contributed by atoms with van der Waals surface area (Å²) in [4.78, 5) is 36.7. The molecule has 0 spiro atoms. The number of hydrogen-bond acceptors (Lipinski definition) is 7. The summed E-state index contributed by atoms with van der Waals surface area (Å²) in [6.45, 7) is 4.53. The van der Waals surface area contributed by atoms with Crippen LogP contribution in [0.2, 0.25) is 0 Å². The largest absolute Gasteiger partial charge is 0.544 e. The zero-order valence-corrected chi connectivity index (χ0v) is 34.0. The molecule has 0 amide bonds. The molecule has 0 aliphatic heterocycles. The summed E-state index contributed by atoms with van der Waals surface area (Å²) >= 11 is 0. The zero-order chi connectivity index (χ0) is 38.5. The maximum absolute atomic E-state index is 12.7. The number of ether oxygens (including phenoxy) is 3. The van der Waals surface area contributed by atoms with E-state index in [1.165, 1.54) is 70.6 Å². The SMILES string of the molecule is CCCCC/C=C/C=C/CCCCCCCCC(=O)OC(COCCC(C(=O)[O-])[N+](C)(C)C)COC(=O)CC/C=C/C/C=C/CCCCCCCC. The summed E-state index contributed by atoms with van der Waals surface area (Å²) in [6.07, 6.45) is 40.0. The molecular weight excluding hydrogens is 654 g/mol. The van der Waals surface area contributed by atoms with Crippen LogP contribution in [0.4, 0.5) is 0 Å². The smallest absolute Gasteiger partial charge is 0.306 e. The Balaban J connectivity index is 4.49. The Labute approximate surface area is 318 Å². The fourth-order valence-electron chi connectivity index (χ4n) is 5.70. The van der Waals surface area contributed by atoms with Gasteiger partial charge in [-0.25, -0.2) is 0 Å². The van der Waals surface area contributed by atoms with Crippen molar-refractivity contribution in [1.82, 2.24) is 0 Å². The van der Waals surface area contributed by atoms with Crippen LogP contribution in [0.25, 0.3) is 0 Å². The quantitative estimate of drug-likeness (QED) is 0.0208. The average Bonchev–Trinajstić information content (AvgIpc) is 3.09. The van der Waals surface area contributed by atoms with Crippen molar-refractivity contribution in [3.05, 3.63) is 48.6 Å². The van der Waals surface area contributed by atoms with Crippen molar-refractivity contribution in [2.75, 3.05) is 41.0 Å². The Bertz CT molecular complexity index is 995. The fourth-order valence-corrected chi connectivity index (χ4v) is 5.70. The molecule has 8 nitrogen and oxygen atoms in total. The van der Waals surface area contributed by atoms with E-state index in [0.717, 1.165) is 51.4 Å². The summed E-state index contributed by atoms with van der Waals surface area (Å²) in [5, 5.41) is 11.6. The number of nitrogens with zero attached hydrogens (tertiary/aromatic N) is 1. The third kappa shape index (κ3) is 33.1. The van der Waals surface area contributed by atoms with Crippen molar-refractivity contribution >= 4 is 17.9 Å². The molecule has 8 heteroatoms. The van der Waals surface area contributed by atoms with E-state index in [1.807, 2.05) is 6.08 Å². The minimum atomic E-state index is -1.14. The van der Waals surface area contributed by atoms with Gasteiger partial charge in [0, 0.05) is 19.3 Å². The molecule has 0 aromatic rings. The molecule has 2 unspecified atom stereocenters. The van der Waals surface area contributed by atoms with Gasteiger partial charge in [0.05, 0.1) is 40.3 Å². The molecule has 0 bridgehead atoms. The summed E-state index contributed by atoms with van der Waals surface area (Å²) < 4.78 is 17.0. The van der Waals surface area contributed by atoms with Gasteiger partial charge in [0.1, 0.15) is 12.6 Å². The maximum atomic E-state index is 12.7. The Morgan fingerprint density at radius 1 is 0.596 bits per heavy atom. The summed E-state index contributed by atoms with van der Waals surface area (Å²) in [5.41, 5.74) is 0. The zero-order valence-electron chi connectivity index (χ0n) is 34.0. The van der Waals surface area contributed by atoms with Crippen LogP contribution in [-0.4, -0.2) is 75.5 Å². The van der Waals surface area contributed by atoms with E-state index in [9.17, 15) is 19.5 Å². The third-order valence-corrected chi connectivity index (χ3v) is 8.98. The van der Waals surface area contributed by atoms with E-state index < -0.39 is 18.1 Å². The van der Waals surface area contributed by atoms with Gasteiger partial charge in [-0.2, -0.15) is 0 Å². The van der Waals surface area contributed by atoms with Crippen LogP contribution in [0.3, 0.4) is 0 Å². The summed E-state index contributed by atoms with van der Waals surface area (Å²) in [7, 11) is 5.38. The van der Waals surface area contributed by atoms with E-state index in [-0.39, 0.29) is 49.1 Å². The number of likely N-dealkylation sites (N-methyl/N-ethyl adjacent to an activating group) is 1. The molecule has 0 fully saturated rings. The lowest BCUT2D eigenvalue weighted by Gasteiger charge is -2.34. The highest BCUT2D eigenvalue weighted by molar-refractivity contribution is 5.70. The van der Waals surface area contributed by atoms with Gasteiger partial charge in [0.25, 0.3) is 0 Å². The number of carboxylic acids is 1. The van der Waals surface area contributed by atoms with Crippen LogP contribution in [0.15, 0.2) is 48.6 Å². The van der Waals surface area contributed by atoms with Crippen LogP contribution in [0.5, 0.6) is 0 Å². The van der Waals surface area contributed by atoms with E-state index in [2.05, 4.69) is 56.4 Å². The Morgan fingerprint density at radius 3 is 1.71 bits per heavy atom. The Hall–Kier alpha value is -2.71. The number of quaternary nitrogens is 1.